The number of furan rings is 1. The van der Waals surface area contributed by atoms with Gasteiger partial charge in [0.05, 0.1) is 29.1 Å². The van der Waals surface area contributed by atoms with Crippen LogP contribution in [0.1, 0.15) is 11.1 Å². The molecule has 0 saturated heterocycles. The maximum Gasteiger partial charge on any atom is 0.123 e. The summed E-state index contributed by atoms with van der Waals surface area (Å²) in [6, 6.07) is 7.79. The van der Waals surface area contributed by atoms with E-state index in [1.54, 1.807) is 42.2 Å². The first-order valence-electron chi connectivity index (χ1n) is 5.06. The zero-order valence-electron chi connectivity index (χ0n) is 9.01. The lowest BCUT2D eigenvalue weighted by atomic mass is 10.2. The molecule has 0 radical (unpaired) electrons. The first-order valence-corrected chi connectivity index (χ1v) is 6.44. The molecule has 1 aromatic heterocycles. The van der Waals surface area contributed by atoms with Gasteiger partial charge in [-0.25, -0.2) is 4.39 Å². The zero-order chi connectivity index (χ0) is 12.1. The number of hydrogen-bond acceptors (Lipinski definition) is 2. The van der Waals surface area contributed by atoms with Crippen LogP contribution in [-0.2, 0) is 16.6 Å². The summed E-state index contributed by atoms with van der Waals surface area (Å²) in [5.41, 5.74) is 1.72. The van der Waals surface area contributed by atoms with Crippen LogP contribution in [0.5, 0.6) is 0 Å². The fourth-order valence-electron chi connectivity index (χ4n) is 1.32. The summed E-state index contributed by atoms with van der Waals surface area (Å²) in [6.45, 7) is 0. The second-order valence-electron chi connectivity index (χ2n) is 3.51. The van der Waals surface area contributed by atoms with Crippen molar-refractivity contribution in [3.8, 4) is 0 Å². The molecule has 1 aromatic carbocycles. The zero-order valence-corrected chi connectivity index (χ0v) is 9.82. The normalized spacial score (nSPS) is 13.0. The topological polar surface area (TPSA) is 30.2 Å². The van der Waals surface area contributed by atoms with E-state index in [1.165, 1.54) is 12.1 Å². The summed E-state index contributed by atoms with van der Waals surface area (Å²) in [4.78, 5) is 0. The summed E-state index contributed by atoms with van der Waals surface area (Å²) >= 11 is 0. The Morgan fingerprint density at radius 2 is 2.00 bits per heavy atom. The molecule has 0 aliphatic heterocycles. The highest BCUT2D eigenvalue weighted by molar-refractivity contribution is 7.87. The third kappa shape index (κ3) is 3.67. The molecular formula is C13H11FO2S. The van der Waals surface area contributed by atoms with Gasteiger partial charge in [0.1, 0.15) is 5.82 Å². The predicted octanol–water partition coefficient (Wildman–Crippen LogP) is 3.34. The van der Waals surface area contributed by atoms with Crippen molar-refractivity contribution in [2.24, 2.45) is 0 Å². The largest absolute Gasteiger partial charge is 0.472 e. The highest BCUT2D eigenvalue weighted by atomic mass is 32.2. The molecule has 0 spiro atoms. The highest BCUT2D eigenvalue weighted by Crippen LogP contribution is 2.08. The van der Waals surface area contributed by atoms with Crippen molar-refractivity contribution in [3.63, 3.8) is 0 Å². The Hall–Kier alpha value is -1.68. The van der Waals surface area contributed by atoms with Crippen LogP contribution < -0.4 is 0 Å². The van der Waals surface area contributed by atoms with Gasteiger partial charge in [0.15, 0.2) is 0 Å². The monoisotopic (exact) mass is 250 g/mol. The van der Waals surface area contributed by atoms with Crippen molar-refractivity contribution < 1.29 is 13.0 Å². The molecule has 1 heterocycles. The molecule has 0 fully saturated rings. The molecule has 0 aliphatic rings. The standard InChI is InChI=1S/C13H11FO2S/c14-13-3-1-12(2-4-13)10-17(15)8-6-11-5-7-16-9-11/h1-9H,10H2/b8-6+. The molecule has 0 aliphatic carbocycles. The molecule has 0 saturated carbocycles. The van der Waals surface area contributed by atoms with Gasteiger partial charge in [-0.3, -0.25) is 4.21 Å². The third-order valence-electron chi connectivity index (χ3n) is 2.18. The predicted molar refractivity (Wildman–Crippen MR) is 66.0 cm³/mol. The van der Waals surface area contributed by atoms with E-state index in [-0.39, 0.29) is 5.82 Å². The number of rotatable bonds is 4. The maximum absolute atomic E-state index is 12.7. The van der Waals surface area contributed by atoms with E-state index in [4.69, 9.17) is 4.42 Å². The molecule has 2 aromatic rings. The van der Waals surface area contributed by atoms with E-state index >= 15 is 0 Å². The molecule has 2 rings (SSSR count). The van der Waals surface area contributed by atoms with Gasteiger partial charge in [0, 0.05) is 11.0 Å². The maximum atomic E-state index is 12.7. The summed E-state index contributed by atoms with van der Waals surface area (Å²) in [7, 11) is -1.11. The lowest BCUT2D eigenvalue weighted by Gasteiger charge is -1.97. The van der Waals surface area contributed by atoms with Crippen LogP contribution in [0.3, 0.4) is 0 Å². The second kappa shape index (κ2) is 5.59. The Balaban J connectivity index is 1.95. The van der Waals surface area contributed by atoms with E-state index in [2.05, 4.69) is 0 Å². The molecule has 2 nitrogen and oxygen atoms in total. The van der Waals surface area contributed by atoms with Gasteiger partial charge in [-0.05, 0) is 29.8 Å². The van der Waals surface area contributed by atoms with Gasteiger partial charge < -0.3 is 4.42 Å². The fourth-order valence-corrected chi connectivity index (χ4v) is 2.24. The Morgan fingerprint density at radius 3 is 2.65 bits per heavy atom. The minimum absolute atomic E-state index is 0.284. The number of hydrogen-bond donors (Lipinski definition) is 0. The van der Waals surface area contributed by atoms with Crippen LogP contribution in [0.2, 0.25) is 0 Å². The minimum atomic E-state index is -1.11. The Bertz CT molecular complexity index is 515. The first kappa shape index (κ1) is 11.8. The molecule has 0 amide bonds. The van der Waals surface area contributed by atoms with E-state index in [0.29, 0.717) is 5.75 Å². The van der Waals surface area contributed by atoms with Crippen LogP contribution in [0, 0.1) is 5.82 Å². The Labute approximate surface area is 101 Å². The Morgan fingerprint density at radius 1 is 1.24 bits per heavy atom. The summed E-state index contributed by atoms with van der Waals surface area (Å²) in [5.74, 6) is 0.0997. The van der Waals surface area contributed by atoms with Gasteiger partial charge in [0.25, 0.3) is 0 Å². The number of benzene rings is 1. The molecule has 0 bridgehead atoms. The lowest BCUT2D eigenvalue weighted by Crippen LogP contribution is -1.91. The van der Waals surface area contributed by atoms with Crippen molar-refractivity contribution >= 4 is 16.9 Å². The minimum Gasteiger partial charge on any atom is -0.472 e. The van der Waals surface area contributed by atoms with Crippen LogP contribution >= 0.6 is 0 Å². The SMILES string of the molecule is O=S(/C=C/c1ccoc1)Cc1ccc(F)cc1. The molecule has 17 heavy (non-hydrogen) atoms. The van der Waals surface area contributed by atoms with E-state index in [1.807, 2.05) is 0 Å². The van der Waals surface area contributed by atoms with E-state index < -0.39 is 10.8 Å². The van der Waals surface area contributed by atoms with Crippen molar-refractivity contribution in [2.75, 3.05) is 0 Å². The lowest BCUT2D eigenvalue weighted by molar-refractivity contribution is 0.567. The van der Waals surface area contributed by atoms with Crippen molar-refractivity contribution in [2.45, 2.75) is 5.75 Å². The smallest absolute Gasteiger partial charge is 0.123 e. The van der Waals surface area contributed by atoms with E-state index in [9.17, 15) is 8.60 Å². The van der Waals surface area contributed by atoms with Gasteiger partial charge in [-0.1, -0.05) is 12.1 Å². The van der Waals surface area contributed by atoms with Crippen molar-refractivity contribution in [3.05, 3.63) is 65.2 Å². The molecule has 88 valence electrons. The van der Waals surface area contributed by atoms with Crippen molar-refractivity contribution in [1.29, 1.82) is 0 Å². The molecule has 4 heteroatoms. The van der Waals surface area contributed by atoms with Gasteiger partial charge in [-0.15, -0.1) is 0 Å². The molecule has 1 atom stereocenters. The average Bonchev–Trinajstić information content (AvgIpc) is 2.83. The van der Waals surface area contributed by atoms with Gasteiger partial charge >= 0.3 is 0 Å². The molecule has 0 N–H and O–H groups in total. The second-order valence-corrected chi connectivity index (χ2v) is 4.83. The molecular weight excluding hydrogens is 239 g/mol. The van der Waals surface area contributed by atoms with Crippen LogP contribution in [-0.4, -0.2) is 4.21 Å². The molecule has 1 unspecified atom stereocenters. The summed E-state index contributed by atoms with van der Waals surface area (Å²) in [5, 5.41) is 1.61. The Kier molecular flexibility index (Phi) is 3.88. The first-order chi connectivity index (χ1) is 8.24. The summed E-state index contributed by atoms with van der Waals surface area (Å²) < 4.78 is 29.2. The number of halogens is 1. The average molecular weight is 250 g/mol. The quantitative estimate of drug-likeness (QED) is 0.833. The van der Waals surface area contributed by atoms with E-state index in [0.717, 1.165) is 11.1 Å². The van der Waals surface area contributed by atoms with Crippen LogP contribution in [0.25, 0.3) is 6.08 Å². The van der Waals surface area contributed by atoms with Crippen LogP contribution in [0.15, 0.2) is 52.7 Å². The highest BCUT2D eigenvalue weighted by Gasteiger charge is 1.98. The van der Waals surface area contributed by atoms with Gasteiger partial charge in [0.2, 0.25) is 0 Å². The summed E-state index contributed by atoms with van der Waals surface area (Å²) in [6.07, 6.45) is 4.87. The fraction of sp³-hybridized carbons (Fsp3) is 0.0769. The van der Waals surface area contributed by atoms with Gasteiger partial charge in [-0.2, -0.15) is 0 Å². The van der Waals surface area contributed by atoms with Crippen molar-refractivity contribution in [1.82, 2.24) is 0 Å². The third-order valence-corrected chi connectivity index (χ3v) is 3.24. The van der Waals surface area contributed by atoms with Crippen LogP contribution in [0.4, 0.5) is 4.39 Å².